The second-order valence-corrected chi connectivity index (χ2v) is 10.2. The van der Waals surface area contributed by atoms with Crippen LogP contribution in [-0.4, -0.2) is 58.9 Å². The van der Waals surface area contributed by atoms with Crippen molar-refractivity contribution >= 4 is 22.7 Å². The summed E-state index contributed by atoms with van der Waals surface area (Å²) in [5.74, 6) is 1.36. The first-order chi connectivity index (χ1) is 17.5. The van der Waals surface area contributed by atoms with Crippen LogP contribution in [0.1, 0.15) is 62.8 Å². The fourth-order valence-corrected chi connectivity index (χ4v) is 5.95. The Morgan fingerprint density at radius 2 is 1.86 bits per heavy atom. The van der Waals surface area contributed by atoms with E-state index in [2.05, 4.69) is 24.0 Å². The van der Waals surface area contributed by atoms with Gasteiger partial charge in [-0.3, -0.25) is 9.59 Å². The zero-order chi connectivity index (χ0) is 25.0. The van der Waals surface area contributed by atoms with E-state index in [4.69, 9.17) is 9.47 Å². The van der Waals surface area contributed by atoms with Gasteiger partial charge in [0.2, 0.25) is 5.91 Å². The number of H-pyrrole nitrogens is 1. The van der Waals surface area contributed by atoms with Gasteiger partial charge in [0.25, 0.3) is 5.91 Å². The van der Waals surface area contributed by atoms with Gasteiger partial charge in [0.15, 0.2) is 17.0 Å². The molecule has 7 heteroatoms. The lowest BCUT2D eigenvalue weighted by molar-refractivity contribution is -0.166. The number of carbonyl (C=O) groups excluding carboxylic acids is 2. The van der Waals surface area contributed by atoms with Crippen LogP contribution >= 0.6 is 0 Å². The third-order valence-corrected chi connectivity index (χ3v) is 7.89. The van der Waals surface area contributed by atoms with Crippen LogP contribution in [0.25, 0.3) is 10.9 Å². The molecule has 0 radical (unpaired) electrons. The zero-order valence-corrected chi connectivity index (χ0v) is 21.2. The second-order valence-electron chi connectivity index (χ2n) is 10.2. The summed E-state index contributed by atoms with van der Waals surface area (Å²) in [5, 5.41) is 1.09. The summed E-state index contributed by atoms with van der Waals surface area (Å²) in [5.41, 5.74) is 2.89. The van der Waals surface area contributed by atoms with Crippen molar-refractivity contribution in [3.8, 4) is 11.5 Å². The quantitative estimate of drug-likeness (QED) is 0.531. The van der Waals surface area contributed by atoms with Crippen LogP contribution in [0.2, 0.25) is 0 Å². The minimum Gasteiger partial charge on any atom is -0.490 e. The largest absolute Gasteiger partial charge is 0.490 e. The van der Waals surface area contributed by atoms with Gasteiger partial charge in [-0.15, -0.1) is 0 Å². The minimum absolute atomic E-state index is 0.00578. The number of nitrogens with zero attached hydrogens (tertiary/aromatic N) is 2. The summed E-state index contributed by atoms with van der Waals surface area (Å²) in [6.07, 6.45) is 2.87. The lowest BCUT2D eigenvalue weighted by Gasteiger charge is -2.51. The first-order valence-corrected chi connectivity index (χ1v) is 13.1. The number of nitrogens with one attached hydrogen (secondary N) is 1. The van der Waals surface area contributed by atoms with Gasteiger partial charge in [-0.25, -0.2) is 0 Å². The molecule has 188 valence electrons. The van der Waals surface area contributed by atoms with E-state index < -0.39 is 5.54 Å². The number of fused-ring (bicyclic) bond motifs is 5. The fraction of sp³-hybridized carbons (Fsp3) is 0.448. The normalized spacial score (nSPS) is 23.6. The van der Waals surface area contributed by atoms with Crippen molar-refractivity contribution in [1.82, 2.24) is 14.8 Å². The highest BCUT2D eigenvalue weighted by Crippen LogP contribution is 2.50. The first-order valence-electron chi connectivity index (χ1n) is 13.1. The molecule has 2 fully saturated rings. The van der Waals surface area contributed by atoms with Gasteiger partial charge in [-0.05, 0) is 62.4 Å². The molecule has 1 saturated carbocycles. The van der Waals surface area contributed by atoms with Gasteiger partial charge in [-0.1, -0.05) is 31.2 Å². The second kappa shape index (κ2) is 8.57. The third-order valence-electron chi connectivity index (χ3n) is 7.89. The molecule has 3 aliphatic rings. The van der Waals surface area contributed by atoms with Crippen LogP contribution in [0, 0.1) is 0 Å². The molecule has 2 unspecified atom stereocenters. The number of hydrogen-bond donors (Lipinski definition) is 1. The van der Waals surface area contributed by atoms with E-state index >= 15 is 0 Å². The Kier molecular flexibility index (Phi) is 5.47. The summed E-state index contributed by atoms with van der Waals surface area (Å²) in [7, 11) is 0. The monoisotopic (exact) mass is 487 g/mol. The van der Waals surface area contributed by atoms with Crippen LogP contribution in [0.5, 0.6) is 11.5 Å². The maximum Gasteiger partial charge on any atom is 0.255 e. The highest BCUT2D eigenvalue weighted by atomic mass is 16.5. The number of piperazine rings is 1. The zero-order valence-electron chi connectivity index (χ0n) is 21.2. The predicted octanol–water partition coefficient (Wildman–Crippen LogP) is 4.55. The highest BCUT2D eigenvalue weighted by Gasteiger charge is 2.58. The molecule has 1 saturated heterocycles. The molecule has 3 heterocycles. The summed E-state index contributed by atoms with van der Waals surface area (Å²) in [4.78, 5) is 34.7. The van der Waals surface area contributed by atoms with E-state index in [1.54, 1.807) is 4.90 Å². The Hall–Kier alpha value is -3.48. The number of aromatic nitrogens is 1. The summed E-state index contributed by atoms with van der Waals surface area (Å²) in [6, 6.07) is 14.4. The highest BCUT2D eigenvalue weighted by molar-refractivity contribution is 6.01. The van der Waals surface area contributed by atoms with Crippen molar-refractivity contribution in [3.05, 3.63) is 59.3 Å². The number of benzene rings is 2. The molecule has 0 spiro atoms. The molecule has 0 bridgehead atoms. The van der Waals surface area contributed by atoms with Gasteiger partial charge >= 0.3 is 0 Å². The van der Waals surface area contributed by atoms with Crippen molar-refractivity contribution in [3.63, 3.8) is 0 Å². The Morgan fingerprint density at radius 1 is 1.06 bits per heavy atom. The van der Waals surface area contributed by atoms with Crippen molar-refractivity contribution < 1.29 is 19.1 Å². The van der Waals surface area contributed by atoms with Crippen LogP contribution < -0.4 is 9.47 Å². The summed E-state index contributed by atoms with van der Waals surface area (Å²) in [6.45, 7) is 7.71. The number of amides is 2. The van der Waals surface area contributed by atoms with Crippen LogP contribution in [0.15, 0.2) is 42.5 Å². The average molecular weight is 488 g/mol. The lowest BCUT2D eigenvalue weighted by Crippen LogP contribution is -2.67. The molecule has 2 amide bonds. The average Bonchev–Trinajstić information content (AvgIpc) is 3.65. The summed E-state index contributed by atoms with van der Waals surface area (Å²) < 4.78 is 11.9. The summed E-state index contributed by atoms with van der Waals surface area (Å²) >= 11 is 0. The Morgan fingerprint density at radius 3 is 2.61 bits per heavy atom. The van der Waals surface area contributed by atoms with E-state index in [0.29, 0.717) is 25.5 Å². The molecular weight excluding hydrogens is 454 g/mol. The molecular formula is C29H33N3O4. The molecule has 2 atom stereocenters. The number of aromatic amines is 1. The molecule has 2 aromatic carbocycles. The number of hydrogen-bond acceptors (Lipinski definition) is 4. The van der Waals surface area contributed by atoms with E-state index in [1.165, 1.54) is 0 Å². The van der Waals surface area contributed by atoms with Gasteiger partial charge in [0.05, 0.1) is 18.9 Å². The van der Waals surface area contributed by atoms with E-state index in [0.717, 1.165) is 52.7 Å². The molecule has 36 heavy (non-hydrogen) atoms. The molecule has 7 nitrogen and oxygen atoms in total. The number of para-hydroxylation sites is 1. The fourth-order valence-electron chi connectivity index (χ4n) is 5.95. The maximum atomic E-state index is 14.0. The van der Waals surface area contributed by atoms with Crippen LogP contribution in [0.3, 0.4) is 0 Å². The van der Waals surface area contributed by atoms with E-state index in [-0.39, 0.29) is 30.3 Å². The molecule has 1 aromatic heterocycles. The van der Waals surface area contributed by atoms with Crippen LogP contribution in [0.4, 0.5) is 0 Å². The smallest absolute Gasteiger partial charge is 0.255 e. The first kappa shape index (κ1) is 23.0. The Labute approximate surface area is 211 Å². The standard InChI is InChI=1S/C29H33N3O4/c1-4-14-36-23-13-10-18(15-24(23)35-5-2)21-16-32-25(33)17-31(19-11-12-19)28(34)29(32,3)27-26(21)20-8-6-7-9-22(20)30-27/h6-10,13,15,19,21,30H,4-5,11-12,14,16-17H2,1-3H3. The molecule has 1 N–H and O–H groups in total. The van der Waals surface area contributed by atoms with Gasteiger partial charge in [0, 0.05) is 29.4 Å². The predicted molar refractivity (Wildman–Crippen MR) is 137 cm³/mol. The van der Waals surface area contributed by atoms with E-state index in [1.807, 2.05) is 49.1 Å². The number of rotatable bonds is 7. The topological polar surface area (TPSA) is 74.9 Å². The SMILES string of the molecule is CCCOc1ccc(C2CN3C(=O)CN(C4CC4)C(=O)C3(C)c3[nH]c4ccccc4c32)cc1OCC. The molecule has 3 aromatic rings. The Balaban J connectivity index is 1.51. The van der Waals surface area contributed by atoms with Gasteiger partial charge in [-0.2, -0.15) is 0 Å². The van der Waals surface area contributed by atoms with Crippen molar-refractivity contribution in [2.24, 2.45) is 0 Å². The van der Waals surface area contributed by atoms with E-state index in [9.17, 15) is 9.59 Å². The Bertz CT molecular complexity index is 1340. The molecule has 1 aliphatic carbocycles. The van der Waals surface area contributed by atoms with Crippen molar-refractivity contribution in [2.75, 3.05) is 26.3 Å². The molecule has 2 aliphatic heterocycles. The minimum atomic E-state index is -1.05. The number of ether oxygens (including phenoxy) is 2. The van der Waals surface area contributed by atoms with Gasteiger partial charge < -0.3 is 24.3 Å². The van der Waals surface area contributed by atoms with Crippen molar-refractivity contribution in [2.45, 2.75) is 57.5 Å². The number of carbonyl (C=O) groups is 2. The van der Waals surface area contributed by atoms with Crippen molar-refractivity contribution in [1.29, 1.82) is 0 Å². The van der Waals surface area contributed by atoms with Gasteiger partial charge in [0.1, 0.15) is 6.54 Å². The van der Waals surface area contributed by atoms with Crippen LogP contribution in [-0.2, 0) is 15.1 Å². The molecule has 6 rings (SSSR count). The lowest BCUT2D eigenvalue weighted by atomic mass is 9.76. The third kappa shape index (κ3) is 3.39. The maximum absolute atomic E-state index is 14.0.